The smallest absolute Gasteiger partial charge is 0.870 e. The minimum atomic E-state index is -0.918. The Hall–Kier alpha value is -5.16. The van der Waals surface area contributed by atoms with E-state index in [0.717, 1.165) is 12.1 Å². The molecule has 2 saturated heterocycles. The third kappa shape index (κ3) is 15.2. The van der Waals surface area contributed by atoms with Crippen molar-refractivity contribution in [1.29, 1.82) is 0 Å². The van der Waals surface area contributed by atoms with Crippen molar-refractivity contribution < 1.29 is 81.1 Å². The van der Waals surface area contributed by atoms with Gasteiger partial charge in [0.05, 0.1) is 19.8 Å². The number of piperazine rings is 2. The van der Waals surface area contributed by atoms with E-state index in [0.29, 0.717) is 115 Å². The van der Waals surface area contributed by atoms with E-state index in [1.165, 1.54) is 12.1 Å². The molecular formula is C46H61F2LiN6O11. The average Bonchev–Trinajstić information content (AvgIpc) is 4.16. The first kappa shape index (κ1) is 55.2. The van der Waals surface area contributed by atoms with Gasteiger partial charge in [0.25, 0.3) is 0 Å². The predicted molar refractivity (Wildman–Crippen MR) is 232 cm³/mol. The summed E-state index contributed by atoms with van der Waals surface area (Å²) in [7, 11) is 0. The Morgan fingerprint density at radius 3 is 1.33 bits per heavy atom. The Labute approximate surface area is 397 Å². The number of carboxylic acids is 1. The summed E-state index contributed by atoms with van der Waals surface area (Å²) in [4.78, 5) is 62.4. The van der Waals surface area contributed by atoms with E-state index >= 15 is 0 Å². The minimum absolute atomic E-state index is 0. The van der Waals surface area contributed by atoms with Gasteiger partial charge in [-0.2, -0.15) is 0 Å². The molecule has 6 rings (SSSR count). The average molecular weight is 919 g/mol. The fourth-order valence-electron chi connectivity index (χ4n) is 7.15. The number of nitrogens with zero attached hydrogens (tertiary/aromatic N) is 6. The second kappa shape index (κ2) is 23.0. The maximum Gasteiger partial charge on any atom is 1.00 e. The third-order valence-electron chi connectivity index (χ3n) is 11.2. The van der Waals surface area contributed by atoms with E-state index in [1.54, 1.807) is 16.7 Å². The summed E-state index contributed by atoms with van der Waals surface area (Å²) >= 11 is 0. The molecule has 0 atom stereocenters. The molecular weight excluding hydrogens is 857 g/mol. The van der Waals surface area contributed by atoms with Gasteiger partial charge in [-0.05, 0) is 98.4 Å². The van der Waals surface area contributed by atoms with Crippen LogP contribution >= 0.6 is 0 Å². The van der Waals surface area contributed by atoms with E-state index in [-0.39, 0.29) is 72.8 Å². The quantitative estimate of drug-likeness (QED) is 0.127. The topological polar surface area (TPSA) is 186 Å². The van der Waals surface area contributed by atoms with E-state index < -0.39 is 39.6 Å². The Bertz CT molecular complexity index is 2130. The number of esters is 1. The van der Waals surface area contributed by atoms with Gasteiger partial charge in [-0.1, -0.05) is 0 Å². The van der Waals surface area contributed by atoms with E-state index in [9.17, 15) is 33.1 Å². The van der Waals surface area contributed by atoms with Crippen LogP contribution in [0.3, 0.4) is 0 Å². The summed E-state index contributed by atoms with van der Waals surface area (Å²) in [5.41, 5.74) is -1.55. The van der Waals surface area contributed by atoms with Gasteiger partial charge in [0.1, 0.15) is 58.4 Å². The van der Waals surface area contributed by atoms with Crippen molar-refractivity contribution >= 4 is 35.5 Å². The molecule has 2 aromatic rings. The van der Waals surface area contributed by atoms with Crippen LogP contribution in [0.25, 0.3) is 9.69 Å². The minimum Gasteiger partial charge on any atom is -0.870 e. The molecule has 2 aromatic carbocycles. The summed E-state index contributed by atoms with van der Waals surface area (Å²) in [6, 6.07) is 4.95. The van der Waals surface area contributed by atoms with Gasteiger partial charge in [-0.15, -0.1) is 0 Å². The van der Waals surface area contributed by atoms with Crippen LogP contribution in [0, 0.1) is 35.6 Å². The molecule has 0 spiro atoms. The monoisotopic (exact) mass is 918 g/mol. The first-order valence-corrected chi connectivity index (χ1v) is 21.6. The molecule has 0 bridgehead atoms. The zero-order valence-electron chi connectivity index (χ0n) is 39.3. The van der Waals surface area contributed by atoms with Crippen molar-refractivity contribution in [2.45, 2.75) is 98.4 Å². The van der Waals surface area contributed by atoms with Gasteiger partial charge in [0.2, 0.25) is 11.4 Å². The van der Waals surface area contributed by atoms with Gasteiger partial charge in [0.15, 0.2) is 0 Å². The van der Waals surface area contributed by atoms with Crippen molar-refractivity contribution in [2.24, 2.45) is 10.8 Å². The molecule has 2 N–H and O–H groups in total. The molecule has 4 fully saturated rings. The number of benzene rings is 2. The Balaban J connectivity index is 0.000000341. The first-order chi connectivity index (χ1) is 30.1. The first-order valence-electron chi connectivity index (χ1n) is 21.6. The zero-order chi connectivity index (χ0) is 47.0. The maximum atomic E-state index is 14.2. The summed E-state index contributed by atoms with van der Waals surface area (Å²) in [6.07, 6.45) is 1.68. The molecule has 0 aromatic heterocycles. The van der Waals surface area contributed by atoms with Crippen LogP contribution in [-0.4, -0.2) is 138 Å². The van der Waals surface area contributed by atoms with Crippen LogP contribution < -0.4 is 28.3 Å². The van der Waals surface area contributed by atoms with Crippen LogP contribution in [0.4, 0.5) is 29.7 Å². The number of halogens is 2. The molecule has 4 aliphatic rings. The van der Waals surface area contributed by atoms with Gasteiger partial charge >= 0.3 is 43.0 Å². The summed E-state index contributed by atoms with van der Waals surface area (Å²) in [5.74, 6) is -1.73. The molecule has 0 unspecified atom stereocenters. The second-order valence-electron chi connectivity index (χ2n) is 18.7. The van der Waals surface area contributed by atoms with Crippen LogP contribution in [0.5, 0.6) is 11.5 Å². The van der Waals surface area contributed by atoms with Crippen LogP contribution in [-0.2, 0) is 36.9 Å². The van der Waals surface area contributed by atoms with Gasteiger partial charge in [-0.3, -0.25) is 19.4 Å². The number of carboxylic acid groups (broad SMARTS) is 1. The standard InChI is InChI=1S/C24H32FN3O5.C22H28FN3O5.Li.H2O/c1-6-31-21(29)24(7-8-24)16-32-20-17(13-18(25)14-19(20)26-5)15-27-9-11-28(12-10-27)22(30)33-23(2,3)4;1-21(2,3)31-20(29)26-9-7-25(8-10-26)13-15-11-16(23)12-17(24-4)18(15)30-14-22(5-6-22)19(27)28;;/h13-14H,6-12,15-16H2,1-4H3;11-12H,5-10,13-14H2,1-3H3,(H,27,28);;1H2/q;;+1;/p-1. The number of hydrogen-bond acceptors (Lipinski definition) is 12. The molecule has 2 saturated carbocycles. The Morgan fingerprint density at radius 2 is 1.03 bits per heavy atom. The van der Waals surface area contributed by atoms with Crippen molar-refractivity contribution in [3.8, 4) is 11.5 Å². The zero-order valence-corrected chi connectivity index (χ0v) is 39.3. The fraction of sp³-hybridized carbons (Fsp3) is 0.609. The number of hydrogen-bond donors (Lipinski definition) is 1. The summed E-state index contributed by atoms with van der Waals surface area (Å²) in [5, 5.41) is 9.37. The normalized spacial score (nSPS) is 17.4. The van der Waals surface area contributed by atoms with Gasteiger partial charge in [-0.25, -0.2) is 28.1 Å². The SMILES string of the molecule is [C-]#[N+]c1cc(F)cc(CN2CCN(C(=O)OC(C)(C)C)CC2)c1OCC1(C(=O)O)CC1.[C-]#[N+]c1cc(F)cc(CN2CCN(C(=O)OC(C)(C)C)CC2)c1OCC1(C(=O)OCC)CC1.[Li+].[OH-]. The third-order valence-corrected chi connectivity index (χ3v) is 11.2. The molecule has 356 valence electrons. The molecule has 20 heteroatoms. The van der Waals surface area contributed by atoms with Crippen molar-refractivity contribution in [2.75, 3.05) is 72.2 Å². The summed E-state index contributed by atoms with van der Waals surface area (Å²) < 4.78 is 56.1. The van der Waals surface area contributed by atoms with E-state index in [2.05, 4.69) is 14.6 Å². The second-order valence-corrected chi connectivity index (χ2v) is 18.7. The molecule has 66 heavy (non-hydrogen) atoms. The molecule has 2 aliphatic heterocycles. The maximum absolute atomic E-state index is 14.2. The number of carbonyl (C=O) groups excluding carboxylic acids is 3. The predicted octanol–water partition coefficient (Wildman–Crippen LogP) is 4.65. The van der Waals surface area contributed by atoms with E-state index in [1.807, 2.05) is 46.4 Å². The molecule has 2 amide bonds. The van der Waals surface area contributed by atoms with Crippen LogP contribution in [0.1, 0.15) is 85.3 Å². The molecule has 2 heterocycles. The van der Waals surface area contributed by atoms with Crippen LogP contribution in [0.15, 0.2) is 24.3 Å². The Kier molecular flexibility index (Phi) is 19.3. The fourth-order valence-corrected chi connectivity index (χ4v) is 7.15. The van der Waals surface area contributed by atoms with Gasteiger partial charge in [0, 0.05) is 76.6 Å². The molecule has 2 aliphatic carbocycles. The van der Waals surface area contributed by atoms with Crippen molar-refractivity contribution in [3.05, 3.63) is 69.9 Å². The Morgan fingerprint density at radius 1 is 0.667 bits per heavy atom. The summed E-state index contributed by atoms with van der Waals surface area (Å²) in [6.45, 7) is 32.8. The largest absolute Gasteiger partial charge is 1.00 e. The molecule has 0 radical (unpaired) electrons. The van der Waals surface area contributed by atoms with Gasteiger partial charge < -0.3 is 44.1 Å². The number of aliphatic carboxylic acids is 1. The molecule has 17 nitrogen and oxygen atoms in total. The number of amides is 2. The number of carbonyl (C=O) groups is 4. The van der Waals surface area contributed by atoms with Crippen LogP contribution in [0.2, 0.25) is 0 Å². The number of ether oxygens (including phenoxy) is 5. The van der Waals surface area contributed by atoms with E-state index in [4.69, 9.17) is 36.8 Å². The number of rotatable bonds is 13. The van der Waals surface area contributed by atoms with Crippen molar-refractivity contribution in [1.82, 2.24) is 19.6 Å². The van der Waals surface area contributed by atoms with Crippen molar-refractivity contribution in [3.63, 3.8) is 0 Å².